The number of hydrogen-bond acceptors (Lipinski definition) is 3. The molecule has 0 saturated carbocycles. The molecule has 0 unspecified atom stereocenters. The van der Waals surface area contributed by atoms with Gasteiger partial charge in [-0.1, -0.05) is 12.1 Å². The summed E-state index contributed by atoms with van der Waals surface area (Å²) in [6.45, 7) is 0. The van der Waals surface area contributed by atoms with E-state index in [1.165, 1.54) is 12.1 Å². The van der Waals surface area contributed by atoms with Crippen LogP contribution in [-0.2, 0) is 5.75 Å². The van der Waals surface area contributed by atoms with Crippen molar-refractivity contribution in [2.45, 2.75) is 9.96 Å². The van der Waals surface area contributed by atoms with Crippen LogP contribution in [0, 0.1) is 5.82 Å². The summed E-state index contributed by atoms with van der Waals surface area (Å²) in [5.74, 6) is -1.08. The summed E-state index contributed by atoms with van der Waals surface area (Å²) in [4.78, 5) is 11.0. The second kappa shape index (κ2) is 5.33. The number of aromatic carboxylic acids is 1. The van der Waals surface area contributed by atoms with Crippen molar-refractivity contribution in [1.82, 2.24) is 0 Å². The largest absolute Gasteiger partial charge is 0.478 e. The first-order chi connectivity index (χ1) is 8.16. The summed E-state index contributed by atoms with van der Waals surface area (Å²) in [5, 5.41) is 10.9. The zero-order valence-corrected chi connectivity index (χ0v) is 10.4. The van der Waals surface area contributed by atoms with Crippen molar-refractivity contribution in [2.75, 3.05) is 0 Å². The lowest BCUT2D eigenvalue weighted by molar-refractivity contribution is 0.0695. The molecule has 1 aromatic carbocycles. The molecular formula is C12H9FO2S2. The van der Waals surface area contributed by atoms with Crippen molar-refractivity contribution >= 4 is 29.1 Å². The van der Waals surface area contributed by atoms with Crippen LogP contribution in [0.1, 0.15) is 15.9 Å². The number of carboxylic acids is 1. The van der Waals surface area contributed by atoms with Gasteiger partial charge in [0.2, 0.25) is 0 Å². The van der Waals surface area contributed by atoms with Crippen LogP contribution in [0.3, 0.4) is 0 Å². The number of carboxylic acid groups (broad SMARTS) is 1. The molecule has 0 saturated heterocycles. The van der Waals surface area contributed by atoms with E-state index >= 15 is 0 Å². The first-order valence-corrected chi connectivity index (χ1v) is 6.71. The Labute approximate surface area is 106 Å². The number of hydrogen-bond donors (Lipinski definition) is 1. The molecule has 2 aromatic rings. The summed E-state index contributed by atoms with van der Waals surface area (Å²) in [7, 11) is 0. The predicted molar refractivity (Wildman–Crippen MR) is 67.2 cm³/mol. The van der Waals surface area contributed by atoms with Crippen LogP contribution < -0.4 is 0 Å². The fourth-order valence-electron chi connectivity index (χ4n) is 1.37. The normalized spacial score (nSPS) is 10.4. The van der Waals surface area contributed by atoms with Crippen molar-refractivity contribution in [3.8, 4) is 0 Å². The van der Waals surface area contributed by atoms with Crippen LogP contribution in [0.5, 0.6) is 0 Å². The molecule has 2 nitrogen and oxygen atoms in total. The highest BCUT2D eigenvalue weighted by Gasteiger charge is 2.11. The Morgan fingerprint density at radius 3 is 2.88 bits per heavy atom. The summed E-state index contributed by atoms with van der Waals surface area (Å²) in [6.07, 6.45) is 0. The van der Waals surface area contributed by atoms with Gasteiger partial charge < -0.3 is 5.11 Å². The van der Waals surface area contributed by atoms with Crippen molar-refractivity contribution in [1.29, 1.82) is 0 Å². The van der Waals surface area contributed by atoms with Gasteiger partial charge in [0.05, 0.1) is 9.77 Å². The number of halogens is 1. The Morgan fingerprint density at radius 2 is 2.24 bits per heavy atom. The first kappa shape index (κ1) is 12.1. The van der Waals surface area contributed by atoms with Crippen LogP contribution >= 0.6 is 23.1 Å². The van der Waals surface area contributed by atoms with Gasteiger partial charge in [0.15, 0.2) is 0 Å². The summed E-state index contributed by atoms with van der Waals surface area (Å²) in [6, 6.07) is 7.79. The first-order valence-electron chi connectivity index (χ1n) is 4.85. The highest BCUT2D eigenvalue weighted by Crippen LogP contribution is 2.28. The fourth-order valence-corrected chi connectivity index (χ4v) is 3.16. The summed E-state index contributed by atoms with van der Waals surface area (Å²) in [5.41, 5.74) is 0.673. The summed E-state index contributed by atoms with van der Waals surface area (Å²) < 4.78 is 14.1. The van der Waals surface area contributed by atoms with Crippen LogP contribution in [0.4, 0.5) is 4.39 Å². The van der Waals surface area contributed by atoms with Crippen LogP contribution in [0.15, 0.2) is 39.9 Å². The van der Waals surface area contributed by atoms with Gasteiger partial charge in [-0.05, 0) is 29.1 Å². The van der Waals surface area contributed by atoms with Gasteiger partial charge in [-0.2, -0.15) is 0 Å². The third kappa shape index (κ3) is 3.08. The molecule has 17 heavy (non-hydrogen) atoms. The van der Waals surface area contributed by atoms with Gasteiger partial charge >= 0.3 is 5.97 Å². The molecule has 0 amide bonds. The van der Waals surface area contributed by atoms with Crippen LogP contribution in [0.25, 0.3) is 0 Å². The lowest BCUT2D eigenvalue weighted by Gasteiger charge is -2.05. The van der Waals surface area contributed by atoms with E-state index in [9.17, 15) is 9.18 Å². The molecule has 0 atom stereocenters. The minimum atomic E-state index is -1.09. The SMILES string of the molecule is O=C(O)c1cc(F)ccc1CSc1cccs1. The zero-order valence-electron chi connectivity index (χ0n) is 8.72. The average Bonchev–Trinajstić information content (AvgIpc) is 2.80. The Morgan fingerprint density at radius 1 is 1.41 bits per heavy atom. The number of thiophene rings is 1. The Bertz CT molecular complexity index is 523. The topological polar surface area (TPSA) is 37.3 Å². The van der Waals surface area contributed by atoms with Crippen molar-refractivity contribution in [3.05, 3.63) is 52.7 Å². The van der Waals surface area contributed by atoms with Crippen molar-refractivity contribution < 1.29 is 14.3 Å². The van der Waals surface area contributed by atoms with Gasteiger partial charge in [0, 0.05) is 5.75 Å². The Hall–Kier alpha value is -1.33. The van der Waals surface area contributed by atoms with E-state index in [0.29, 0.717) is 11.3 Å². The van der Waals surface area contributed by atoms with E-state index in [2.05, 4.69) is 0 Å². The van der Waals surface area contributed by atoms with Crippen LogP contribution in [-0.4, -0.2) is 11.1 Å². The number of benzene rings is 1. The van der Waals surface area contributed by atoms with Crippen molar-refractivity contribution in [2.24, 2.45) is 0 Å². The summed E-state index contributed by atoms with van der Waals surface area (Å²) >= 11 is 3.15. The molecule has 2 rings (SSSR count). The average molecular weight is 268 g/mol. The second-order valence-corrected chi connectivity index (χ2v) is 5.55. The third-order valence-corrected chi connectivity index (χ3v) is 4.35. The maximum Gasteiger partial charge on any atom is 0.336 e. The maximum atomic E-state index is 13.0. The van der Waals surface area contributed by atoms with Gasteiger partial charge in [0.25, 0.3) is 0 Å². The zero-order chi connectivity index (χ0) is 12.3. The number of carbonyl (C=O) groups is 1. The molecule has 5 heteroatoms. The molecule has 0 spiro atoms. The fraction of sp³-hybridized carbons (Fsp3) is 0.0833. The minimum Gasteiger partial charge on any atom is -0.478 e. The van der Waals surface area contributed by atoms with Gasteiger partial charge in [-0.25, -0.2) is 9.18 Å². The molecule has 1 heterocycles. The van der Waals surface area contributed by atoms with E-state index in [1.54, 1.807) is 23.1 Å². The monoisotopic (exact) mass is 268 g/mol. The molecule has 0 bridgehead atoms. The molecule has 1 N–H and O–H groups in total. The molecule has 0 radical (unpaired) electrons. The Kier molecular flexibility index (Phi) is 3.81. The Balaban J connectivity index is 2.17. The quantitative estimate of drug-likeness (QED) is 0.855. The highest BCUT2D eigenvalue weighted by atomic mass is 32.2. The third-order valence-electron chi connectivity index (χ3n) is 2.17. The molecule has 0 fully saturated rings. The van der Waals surface area contributed by atoms with E-state index in [-0.39, 0.29) is 5.56 Å². The van der Waals surface area contributed by atoms with E-state index in [1.807, 2.05) is 17.5 Å². The maximum absolute atomic E-state index is 13.0. The molecule has 0 aliphatic rings. The minimum absolute atomic E-state index is 0.0362. The molecular weight excluding hydrogens is 259 g/mol. The van der Waals surface area contributed by atoms with E-state index < -0.39 is 11.8 Å². The van der Waals surface area contributed by atoms with E-state index in [4.69, 9.17) is 5.11 Å². The van der Waals surface area contributed by atoms with Gasteiger partial charge in [-0.3, -0.25) is 0 Å². The lowest BCUT2D eigenvalue weighted by atomic mass is 10.1. The molecule has 1 aromatic heterocycles. The van der Waals surface area contributed by atoms with Crippen LogP contribution in [0.2, 0.25) is 0 Å². The number of rotatable bonds is 4. The standard InChI is InChI=1S/C12H9FO2S2/c13-9-4-3-8(10(6-9)12(14)15)7-17-11-2-1-5-16-11/h1-6H,7H2,(H,14,15). The molecule has 88 valence electrons. The molecule has 0 aliphatic heterocycles. The lowest BCUT2D eigenvalue weighted by Crippen LogP contribution is -2.02. The van der Waals surface area contributed by atoms with E-state index in [0.717, 1.165) is 10.3 Å². The molecule has 0 aliphatic carbocycles. The smallest absolute Gasteiger partial charge is 0.336 e. The van der Waals surface area contributed by atoms with Gasteiger partial charge in [0.1, 0.15) is 5.82 Å². The predicted octanol–water partition coefficient (Wildman–Crippen LogP) is 3.88. The second-order valence-electron chi connectivity index (χ2n) is 3.33. The highest BCUT2D eigenvalue weighted by molar-refractivity contribution is 8.00. The van der Waals surface area contributed by atoms with Gasteiger partial charge in [-0.15, -0.1) is 23.1 Å². The van der Waals surface area contributed by atoms with Crippen molar-refractivity contribution in [3.63, 3.8) is 0 Å². The number of thioether (sulfide) groups is 1.